The fourth-order valence-corrected chi connectivity index (χ4v) is 7.90. The van der Waals surface area contributed by atoms with Gasteiger partial charge in [-0.2, -0.15) is 0 Å². The SMILES string of the molecule is C[C@@H](O)[C@H]1C(=O)N2C(C(=O)O)=C(S[C@@H]3CN[C@H](C(=O)NCc4ccc5c(S(N)(=O)=O)ccnc5c4)C3)[C@H](C)[C@H]12. The lowest BCUT2D eigenvalue weighted by Crippen LogP contribution is -2.63. The normalized spacial score (nSPS) is 27.4. The fraction of sp³-hybridized carbons (Fsp3) is 0.440. The smallest absolute Gasteiger partial charge is 0.353 e. The molecule has 1 aromatic heterocycles. The van der Waals surface area contributed by atoms with Gasteiger partial charge in [0.15, 0.2) is 0 Å². The lowest BCUT2D eigenvalue weighted by molar-refractivity contribution is -0.163. The highest BCUT2D eigenvalue weighted by Crippen LogP contribution is 2.51. The summed E-state index contributed by atoms with van der Waals surface area (Å²) in [5.74, 6) is -2.62. The molecule has 0 radical (unpaired) electrons. The van der Waals surface area contributed by atoms with Gasteiger partial charge in [-0.1, -0.05) is 19.1 Å². The Morgan fingerprint density at radius 1 is 1.33 bits per heavy atom. The Labute approximate surface area is 229 Å². The monoisotopic (exact) mass is 575 g/mol. The molecule has 14 heteroatoms. The number of primary sulfonamides is 1. The number of carbonyl (C=O) groups excluding carboxylic acids is 2. The number of hydrogen-bond donors (Lipinski definition) is 5. The van der Waals surface area contributed by atoms with Crippen molar-refractivity contribution in [3.05, 3.63) is 46.6 Å². The van der Waals surface area contributed by atoms with E-state index in [9.17, 15) is 33.0 Å². The zero-order valence-corrected chi connectivity index (χ0v) is 22.8. The second-order valence-electron chi connectivity index (χ2n) is 10.1. The van der Waals surface area contributed by atoms with Gasteiger partial charge in [-0.15, -0.1) is 11.8 Å². The zero-order valence-electron chi connectivity index (χ0n) is 21.2. The number of pyridine rings is 1. The number of hydrogen-bond acceptors (Lipinski definition) is 9. The Balaban J connectivity index is 1.22. The number of thioether (sulfide) groups is 1. The van der Waals surface area contributed by atoms with E-state index in [0.29, 0.717) is 28.8 Å². The molecular formula is C25H29N5O7S2. The summed E-state index contributed by atoms with van der Waals surface area (Å²) >= 11 is 1.38. The number of amides is 2. The van der Waals surface area contributed by atoms with Crippen LogP contribution in [0.4, 0.5) is 0 Å². The number of sulfonamides is 1. The molecule has 3 aliphatic heterocycles. The van der Waals surface area contributed by atoms with Gasteiger partial charge < -0.3 is 25.7 Å². The third-order valence-corrected chi connectivity index (χ3v) is 10.0. The number of nitrogens with one attached hydrogen (secondary N) is 2. The van der Waals surface area contributed by atoms with Gasteiger partial charge in [-0.25, -0.2) is 18.4 Å². The molecular weight excluding hydrogens is 546 g/mol. The number of fused-ring (bicyclic) bond motifs is 2. The van der Waals surface area contributed by atoms with Gasteiger partial charge in [0, 0.05) is 40.7 Å². The lowest BCUT2D eigenvalue weighted by Gasteiger charge is -2.46. The number of carbonyl (C=O) groups is 3. The van der Waals surface area contributed by atoms with Crippen molar-refractivity contribution in [2.75, 3.05) is 6.54 Å². The molecule has 0 spiro atoms. The molecule has 6 atom stereocenters. The first kappa shape index (κ1) is 27.5. The Morgan fingerprint density at radius 3 is 2.74 bits per heavy atom. The summed E-state index contributed by atoms with van der Waals surface area (Å²) in [7, 11) is -3.90. The number of benzene rings is 1. The predicted octanol–water partition coefficient (Wildman–Crippen LogP) is 0.116. The number of β-lactam (4-membered cyclic amide) rings is 1. The number of carboxylic acids is 1. The molecule has 2 amide bonds. The van der Waals surface area contributed by atoms with Crippen LogP contribution in [0.3, 0.4) is 0 Å². The molecule has 0 unspecified atom stereocenters. The Bertz CT molecular complexity index is 1510. The first-order valence-corrected chi connectivity index (χ1v) is 14.9. The average molecular weight is 576 g/mol. The summed E-state index contributed by atoms with van der Waals surface area (Å²) in [5, 5.41) is 31.5. The minimum absolute atomic E-state index is 0.0184. The first-order valence-electron chi connectivity index (χ1n) is 12.4. The molecule has 2 saturated heterocycles. The van der Waals surface area contributed by atoms with E-state index in [1.165, 1.54) is 28.9 Å². The number of rotatable bonds is 8. The Morgan fingerprint density at radius 2 is 2.08 bits per heavy atom. The fourth-order valence-electron chi connectivity index (χ4n) is 5.69. The van der Waals surface area contributed by atoms with Crippen LogP contribution in [0.25, 0.3) is 10.9 Å². The minimum Gasteiger partial charge on any atom is -0.477 e. The van der Waals surface area contributed by atoms with E-state index >= 15 is 0 Å². The van der Waals surface area contributed by atoms with Gasteiger partial charge in [-0.3, -0.25) is 14.6 Å². The molecule has 12 nitrogen and oxygen atoms in total. The van der Waals surface area contributed by atoms with E-state index in [1.807, 2.05) is 6.92 Å². The summed E-state index contributed by atoms with van der Waals surface area (Å²) in [6.45, 7) is 4.10. The average Bonchev–Trinajstić information content (AvgIpc) is 3.43. The number of aliphatic hydroxyl groups is 1. The van der Waals surface area contributed by atoms with Crippen molar-refractivity contribution in [3.8, 4) is 0 Å². The van der Waals surface area contributed by atoms with Gasteiger partial charge in [-0.05, 0) is 31.0 Å². The van der Waals surface area contributed by atoms with E-state index in [4.69, 9.17) is 5.14 Å². The first-order chi connectivity index (χ1) is 18.4. The van der Waals surface area contributed by atoms with Crippen molar-refractivity contribution < 1.29 is 33.0 Å². The van der Waals surface area contributed by atoms with Gasteiger partial charge in [0.05, 0.1) is 34.5 Å². The highest BCUT2D eigenvalue weighted by molar-refractivity contribution is 8.03. The van der Waals surface area contributed by atoms with Gasteiger partial charge in [0.2, 0.25) is 21.8 Å². The largest absolute Gasteiger partial charge is 0.477 e. The van der Waals surface area contributed by atoms with Gasteiger partial charge in [0.1, 0.15) is 5.70 Å². The summed E-state index contributed by atoms with van der Waals surface area (Å²) in [5.41, 5.74) is 1.15. The maximum absolute atomic E-state index is 12.9. The molecule has 0 bridgehead atoms. The molecule has 1 aromatic carbocycles. The number of aliphatic hydroxyl groups excluding tert-OH is 1. The van der Waals surface area contributed by atoms with E-state index in [2.05, 4.69) is 15.6 Å². The predicted molar refractivity (Wildman–Crippen MR) is 142 cm³/mol. The van der Waals surface area contributed by atoms with Crippen LogP contribution in [-0.4, -0.2) is 76.3 Å². The van der Waals surface area contributed by atoms with Crippen LogP contribution in [0.15, 0.2) is 46.0 Å². The van der Waals surface area contributed by atoms with Crippen LogP contribution < -0.4 is 15.8 Å². The Kier molecular flexibility index (Phi) is 7.18. The number of nitrogens with zero attached hydrogens (tertiary/aromatic N) is 2. The number of nitrogens with two attached hydrogens (primary N) is 1. The van der Waals surface area contributed by atoms with E-state index in [0.717, 1.165) is 5.56 Å². The summed E-state index contributed by atoms with van der Waals surface area (Å²) < 4.78 is 23.6. The summed E-state index contributed by atoms with van der Waals surface area (Å²) in [6.07, 6.45) is 0.968. The molecule has 0 saturated carbocycles. The van der Waals surface area contributed by atoms with Crippen LogP contribution in [0.5, 0.6) is 0 Å². The summed E-state index contributed by atoms with van der Waals surface area (Å²) in [6, 6.07) is 5.48. The van der Waals surface area contributed by atoms with Crippen molar-refractivity contribution in [3.63, 3.8) is 0 Å². The van der Waals surface area contributed by atoms with Crippen LogP contribution in [0.1, 0.15) is 25.8 Å². The zero-order chi connectivity index (χ0) is 28.2. The molecule has 208 valence electrons. The van der Waals surface area contributed by atoms with Crippen LogP contribution in [0.2, 0.25) is 0 Å². The molecule has 39 heavy (non-hydrogen) atoms. The molecule has 4 heterocycles. The standard InChI is InChI=1S/C25H29N5O7S2/c1-11-20-19(12(2)31)24(33)30(20)21(25(34)35)22(11)38-14-8-17(28-10-14)23(32)29-9-13-3-4-15-16(7-13)27-6-5-18(15)39(26,36)37/h3-7,11-12,14,17,19-20,28,31H,8-10H2,1-2H3,(H,29,32)(H,34,35)(H2,26,36,37)/t11-,12-,14+,17+,19-,20-/m1/s1. The highest BCUT2D eigenvalue weighted by Gasteiger charge is 2.60. The van der Waals surface area contributed by atoms with Crippen molar-refractivity contribution in [2.45, 2.75) is 55.1 Å². The maximum Gasteiger partial charge on any atom is 0.353 e. The van der Waals surface area contributed by atoms with Gasteiger partial charge >= 0.3 is 5.97 Å². The van der Waals surface area contributed by atoms with Crippen LogP contribution in [0, 0.1) is 11.8 Å². The van der Waals surface area contributed by atoms with Crippen molar-refractivity contribution in [1.82, 2.24) is 20.5 Å². The van der Waals surface area contributed by atoms with Crippen LogP contribution in [-0.2, 0) is 31.0 Å². The third-order valence-electron chi connectivity index (χ3n) is 7.55. The van der Waals surface area contributed by atoms with E-state index in [1.54, 1.807) is 25.1 Å². The summed E-state index contributed by atoms with van der Waals surface area (Å²) in [4.78, 5) is 43.5. The van der Waals surface area contributed by atoms with Crippen molar-refractivity contribution in [1.29, 1.82) is 0 Å². The molecule has 2 fully saturated rings. The molecule has 5 rings (SSSR count). The quantitative estimate of drug-likeness (QED) is 0.270. The number of carboxylic acid groups (broad SMARTS) is 1. The number of aromatic nitrogens is 1. The second kappa shape index (κ2) is 10.2. The van der Waals surface area contributed by atoms with E-state index < -0.39 is 34.1 Å². The third kappa shape index (κ3) is 4.91. The van der Waals surface area contributed by atoms with E-state index in [-0.39, 0.29) is 46.2 Å². The molecule has 2 aromatic rings. The van der Waals surface area contributed by atoms with Crippen molar-refractivity contribution in [2.24, 2.45) is 17.0 Å². The highest BCUT2D eigenvalue weighted by atomic mass is 32.2. The molecule has 0 aliphatic carbocycles. The maximum atomic E-state index is 12.9. The number of aliphatic carboxylic acids is 1. The topological polar surface area (TPSA) is 192 Å². The molecule has 3 aliphatic rings. The minimum atomic E-state index is -3.90. The van der Waals surface area contributed by atoms with Crippen LogP contribution >= 0.6 is 11.8 Å². The lowest BCUT2D eigenvalue weighted by atomic mass is 9.79. The molecule has 6 N–H and O–H groups in total. The van der Waals surface area contributed by atoms with Crippen molar-refractivity contribution >= 4 is 50.5 Å². The van der Waals surface area contributed by atoms with Gasteiger partial charge in [0.25, 0.3) is 0 Å². The second-order valence-corrected chi connectivity index (χ2v) is 13.0. The Hall–Kier alpha value is -3.04.